The van der Waals surface area contributed by atoms with Gasteiger partial charge in [-0.1, -0.05) is 22.0 Å². The van der Waals surface area contributed by atoms with E-state index in [4.69, 9.17) is 0 Å². The number of hydrogen-bond donors (Lipinski definition) is 0. The van der Waals surface area contributed by atoms with Crippen molar-refractivity contribution in [2.75, 3.05) is 0 Å². The maximum atomic E-state index is 3.72. The molecule has 0 unspecified atom stereocenters. The van der Waals surface area contributed by atoms with Gasteiger partial charge in [0.15, 0.2) is 0 Å². The van der Waals surface area contributed by atoms with Gasteiger partial charge in [-0.25, -0.2) is 0 Å². The largest absolute Gasteiger partial charge is 0.269 e. The number of allylic oxidation sites excluding steroid dienone is 4. The highest BCUT2D eigenvalue weighted by molar-refractivity contribution is 9.11. The molecular formula is C7H10BrN. The average Bonchev–Trinajstić information content (AvgIpc) is 1.87. The fraction of sp³-hybridized carbons (Fsp3) is 0.286. The van der Waals surface area contributed by atoms with E-state index in [1.54, 1.807) is 0 Å². The first-order valence-corrected chi connectivity index (χ1v) is 3.47. The Hall–Kier alpha value is -0.370. The highest BCUT2D eigenvalue weighted by Crippen LogP contribution is 2.09. The van der Waals surface area contributed by atoms with E-state index in [1.807, 2.05) is 26.0 Å². The summed E-state index contributed by atoms with van der Waals surface area (Å²) in [5, 5.41) is 0. The van der Waals surface area contributed by atoms with Gasteiger partial charge in [0, 0.05) is 10.2 Å². The summed E-state index contributed by atoms with van der Waals surface area (Å²) in [6.45, 7) is 7.24. The van der Waals surface area contributed by atoms with Crippen LogP contribution in [0.2, 0.25) is 0 Å². The summed E-state index contributed by atoms with van der Waals surface area (Å²) < 4.78 is 1.03. The lowest BCUT2D eigenvalue weighted by Crippen LogP contribution is -1.66. The molecule has 0 saturated carbocycles. The second-order valence-corrected chi connectivity index (χ2v) is 2.53. The SMILES string of the molecule is C=N/C(C)=C\C(Br)=C/C. The van der Waals surface area contributed by atoms with E-state index in [9.17, 15) is 0 Å². The van der Waals surface area contributed by atoms with Crippen LogP contribution in [-0.2, 0) is 0 Å². The predicted molar refractivity (Wildman–Crippen MR) is 46.0 cm³/mol. The van der Waals surface area contributed by atoms with E-state index in [0.29, 0.717) is 0 Å². The summed E-state index contributed by atoms with van der Waals surface area (Å²) in [5.41, 5.74) is 0.917. The molecule has 0 N–H and O–H groups in total. The molecule has 0 fully saturated rings. The van der Waals surface area contributed by atoms with Crippen LogP contribution in [0.15, 0.2) is 27.3 Å². The van der Waals surface area contributed by atoms with Crippen LogP contribution >= 0.6 is 15.9 Å². The molecule has 2 heteroatoms. The number of halogens is 1. The minimum absolute atomic E-state index is 0.917. The Morgan fingerprint density at radius 1 is 1.67 bits per heavy atom. The molecule has 0 rings (SSSR count). The van der Waals surface area contributed by atoms with Crippen LogP contribution in [0, 0.1) is 0 Å². The lowest BCUT2D eigenvalue weighted by molar-refractivity contribution is 1.32. The van der Waals surface area contributed by atoms with Gasteiger partial charge in [0.05, 0.1) is 0 Å². The van der Waals surface area contributed by atoms with Crippen LogP contribution in [0.25, 0.3) is 0 Å². The first kappa shape index (κ1) is 8.63. The van der Waals surface area contributed by atoms with Crippen molar-refractivity contribution in [1.82, 2.24) is 0 Å². The van der Waals surface area contributed by atoms with Crippen LogP contribution in [0.1, 0.15) is 13.8 Å². The molecule has 0 aliphatic rings. The zero-order valence-electron chi connectivity index (χ0n) is 5.69. The minimum atomic E-state index is 0.917. The summed E-state index contributed by atoms with van der Waals surface area (Å²) >= 11 is 3.32. The third-order valence-corrected chi connectivity index (χ3v) is 1.56. The molecule has 1 nitrogen and oxygen atoms in total. The van der Waals surface area contributed by atoms with Gasteiger partial charge in [-0.3, -0.25) is 4.99 Å². The Morgan fingerprint density at radius 3 is 2.56 bits per heavy atom. The topological polar surface area (TPSA) is 12.4 Å². The minimum Gasteiger partial charge on any atom is -0.269 e. The highest BCUT2D eigenvalue weighted by atomic mass is 79.9. The summed E-state index contributed by atoms with van der Waals surface area (Å²) in [4.78, 5) is 3.72. The fourth-order valence-corrected chi connectivity index (χ4v) is 0.660. The molecule has 0 aromatic heterocycles. The van der Waals surface area contributed by atoms with Gasteiger partial charge in [0.1, 0.15) is 0 Å². The quantitative estimate of drug-likeness (QED) is 0.466. The van der Waals surface area contributed by atoms with E-state index < -0.39 is 0 Å². The van der Waals surface area contributed by atoms with Gasteiger partial charge in [-0.2, -0.15) is 0 Å². The van der Waals surface area contributed by atoms with Gasteiger partial charge in [-0.05, 0) is 26.6 Å². The van der Waals surface area contributed by atoms with Crippen LogP contribution in [0.3, 0.4) is 0 Å². The zero-order valence-corrected chi connectivity index (χ0v) is 7.27. The van der Waals surface area contributed by atoms with E-state index in [1.165, 1.54) is 0 Å². The Balaban J connectivity index is 4.11. The molecule has 0 aliphatic carbocycles. The molecule has 0 heterocycles. The van der Waals surface area contributed by atoms with Gasteiger partial charge >= 0.3 is 0 Å². The zero-order chi connectivity index (χ0) is 7.28. The smallest absolute Gasteiger partial charge is 0.0376 e. The van der Waals surface area contributed by atoms with Crippen molar-refractivity contribution in [2.24, 2.45) is 4.99 Å². The van der Waals surface area contributed by atoms with Gasteiger partial charge in [-0.15, -0.1) is 0 Å². The Bertz CT molecular complexity index is 156. The molecule has 0 aliphatic heterocycles. The molecule has 0 aromatic rings. The first-order chi connectivity index (χ1) is 4.20. The summed E-state index contributed by atoms with van der Waals surface area (Å²) in [6, 6.07) is 0. The molecular weight excluding hydrogens is 178 g/mol. The Labute approximate surface area is 64.3 Å². The number of rotatable bonds is 2. The highest BCUT2D eigenvalue weighted by Gasteiger charge is 1.82. The molecule has 0 atom stereocenters. The van der Waals surface area contributed by atoms with E-state index in [2.05, 4.69) is 27.6 Å². The monoisotopic (exact) mass is 187 g/mol. The summed E-state index contributed by atoms with van der Waals surface area (Å²) in [6.07, 6.45) is 3.86. The molecule has 0 spiro atoms. The molecule has 0 radical (unpaired) electrons. The third-order valence-electron chi connectivity index (χ3n) is 0.872. The lowest BCUT2D eigenvalue weighted by Gasteiger charge is -1.88. The molecule has 0 bridgehead atoms. The molecule has 9 heavy (non-hydrogen) atoms. The molecule has 0 aromatic carbocycles. The predicted octanol–water partition coefficient (Wildman–Crippen LogP) is 2.89. The van der Waals surface area contributed by atoms with E-state index in [-0.39, 0.29) is 0 Å². The molecule has 50 valence electrons. The Morgan fingerprint density at radius 2 is 2.22 bits per heavy atom. The number of aliphatic imine (C=N–C) groups is 1. The molecule has 0 saturated heterocycles. The van der Waals surface area contributed by atoms with Crippen molar-refractivity contribution in [3.63, 3.8) is 0 Å². The lowest BCUT2D eigenvalue weighted by atomic mass is 10.4. The van der Waals surface area contributed by atoms with Crippen LogP contribution in [0.5, 0.6) is 0 Å². The van der Waals surface area contributed by atoms with E-state index in [0.717, 1.165) is 10.2 Å². The maximum absolute atomic E-state index is 3.72. The summed E-state index contributed by atoms with van der Waals surface area (Å²) in [7, 11) is 0. The standard InChI is InChI=1S/C7H10BrN/c1-4-7(8)5-6(2)9-3/h4-5H,3H2,1-2H3/b6-5-,7-4+. The molecule has 0 amide bonds. The summed E-state index contributed by atoms with van der Waals surface area (Å²) in [5.74, 6) is 0. The number of hydrogen-bond acceptors (Lipinski definition) is 1. The van der Waals surface area contributed by atoms with Crippen molar-refractivity contribution in [1.29, 1.82) is 0 Å². The fourth-order valence-electron chi connectivity index (χ4n) is 0.329. The second-order valence-electron chi connectivity index (χ2n) is 1.62. The normalized spacial score (nSPS) is 13.7. The van der Waals surface area contributed by atoms with Crippen molar-refractivity contribution in [3.05, 3.63) is 22.3 Å². The van der Waals surface area contributed by atoms with Crippen molar-refractivity contribution >= 4 is 22.6 Å². The van der Waals surface area contributed by atoms with Crippen molar-refractivity contribution < 1.29 is 0 Å². The van der Waals surface area contributed by atoms with Crippen LogP contribution < -0.4 is 0 Å². The van der Waals surface area contributed by atoms with Gasteiger partial charge < -0.3 is 0 Å². The number of nitrogens with zero attached hydrogens (tertiary/aromatic N) is 1. The maximum Gasteiger partial charge on any atom is 0.0376 e. The second kappa shape index (κ2) is 4.50. The van der Waals surface area contributed by atoms with Crippen molar-refractivity contribution in [2.45, 2.75) is 13.8 Å². The van der Waals surface area contributed by atoms with Gasteiger partial charge in [0.2, 0.25) is 0 Å². The van der Waals surface area contributed by atoms with Crippen LogP contribution in [-0.4, -0.2) is 6.72 Å². The third kappa shape index (κ3) is 4.15. The van der Waals surface area contributed by atoms with Crippen molar-refractivity contribution in [3.8, 4) is 0 Å². The van der Waals surface area contributed by atoms with Crippen LogP contribution in [0.4, 0.5) is 0 Å². The Kier molecular flexibility index (Phi) is 4.32. The average molecular weight is 188 g/mol. The van der Waals surface area contributed by atoms with Gasteiger partial charge in [0.25, 0.3) is 0 Å². The first-order valence-electron chi connectivity index (χ1n) is 2.67. The van der Waals surface area contributed by atoms with E-state index >= 15 is 0 Å².